The highest BCUT2D eigenvalue weighted by Gasteiger charge is 2.31. The maximum Gasteiger partial charge on any atom is 0.416 e. The number of thiol groups is 1. The van der Waals surface area contributed by atoms with Crippen molar-refractivity contribution < 1.29 is 18.0 Å². The molecule has 1 atom stereocenters. The summed E-state index contributed by atoms with van der Waals surface area (Å²) in [6, 6.07) is 13.6. The number of nitrogens with one attached hydrogen (secondary N) is 1. The molecule has 0 saturated carbocycles. The lowest BCUT2D eigenvalue weighted by molar-refractivity contribution is -0.137. The predicted octanol–water partition coefficient (Wildman–Crippen LogP) is 6.39. The second kappa shape index (κ2) is 10.0. The molecule has 34 heavy (non-hydrogen) atoms. The van der Waals surface area contributed by atoms with Crippen molar-refractivity contribution in [2.45, 2.75) is 32.4 Å². The number of aryl methyl sites for hydroxylation is 1. The molecule has 9 heteroatoms. The molecule has 0 saturated heterocycles. The fourth-order valence-corrected chi connectivity index (χ4v) is 4.50. The van der Waals surface area contributed by atoms with Crippen molar-refractivity contribution >= 4 is 30.3 Å². The molecule has 1 aliphatic rings. The summed E-state index contributed by atoms with van der Waals surface area (Å²) in [5.41, 5.74) is 1.63. The highest BCUT2D eigenvalue weighted by Crippen LogP contribution is 2.34. The summed E-state index contributed by atoms with van der Waals surface area (Å²) in [5, 5.41) is 2.83. The van der Waals surface area contributed by atoms with Crippen LogP contribution >= 0.6 is 12.6 Å². The van der Waals surface area contributed by atoms with Crippen molar-refractivity contribution in [3.05, 3.63) is 71.4 Å². The Labute approximate surface area is 201 Å². The number of hydrogen-bond acceptors (Lipinski definition) is 4. The minimum Gasteiger partial charge on any atom is -0.292 e. The van der Waals surface area contributed by atoms with Gasteiger partial charge in [0.25, 0.3) is 0 Å². The Morgan fingerprint density at radius 1 is 1.15 bits per heavy atom. The van der Waals surface area contributed by atoms with E-state index in [1.165, 1.54) is 6.07 Å². The number of nitrogens with zero attached hydrogens (tertiary/aromatic N) is 3. The Balaban J connectivity index is 1.71. The van der Waals surface area contributed by atoms with Gasteiger partial charge in [-0.15, -0.1) is 0 Å². The first kappa shape index (κ1) is 24.1. The third-order valence-electron chi connectivity index (χ3n) is 5.87. The van der Waals surface area contributed by atoms with Gasteiger partial charge in [0.15, 0.2) is 0 Å². The largest absolute Gasteiger partial charge is 0.416 e. The number of fused-ring (bicyclic) bond motifs is 1. The molecule has 5 nitrogen and oxygen atoms in total. The van der Waals surface area contributed by atoms with Gasteiger partial charge in [-0.1, -0.05) is 24.3 Å². The molecule has 0 aliphatic carbocycles. The minimum absolute atomic E-state index is 0.326. The molecule has 1 unspecified atom stereocenters. The molecule has 2 amide bonds. The van der Waals surface area contributed by atoms with Crippen molar-refractivity contribution in [2.24, 2.45) is 5.92 Å². The van der Waals surface area contributed by atoms with E-state index >= 15 is 0 Å². The van der Waals surface area contributed by atoms with Crippen LogP contribution in [0.2, 0.25) is 0 Å². The normalized spacial score (nSPS) is 16.0. The summed E-state index contributed by atoms with van der Waals surface area (Å²) in [5.74, 6) is 1.95. The first-order valence-corrected chi connectivity index (χ1v) is 11.7. The molecule has 2 aromatic heterocycles. The van der Waals surface area contributed by atoms with Gasteiger partial charge in [-0.2, -0.15) is 25.8 Å². The topological polar surface area (TPSA) is 58.1 Å². The average molecular weight is 487 g/mol. The minimum atomic E-state index is -4.45. The van der Waals surface area contributed by atoms with Gasteiger partial charge in [-0.05, 0) is 73.8 Å². The molecule has 0 spiro atoms. The van der Waals surface area contributed by atoms with Crippen molar-refractivity contribution in [2.75, 3.05) is 22.5 Å². The number of alkyl halides is 3. The van der Waals surface area contributed by atoms with Gasteiger partial charge in [0.1, 0.15) is 11.6 Å². The van der Waals surface area contributed by atoms with Crippen LogP contribution in [0.4, 0.5) is 29.6 Å². The fraction of sp³-hybridized carbons (Fsp3) is 0.320. The van der Waals surface area contributed by atoms with Crippen LogP contribution in [-0.2, 0) is 12.6 Å². The maximum atomic E-state index is 13.3. The van der Waals surface area contributed by atoms with E-state index in [1.807, 2.05) is 19.1 Å². The number of rotatable bonds is 4. The highest BCUT2D eigenvalue weighted by molar-refractivity contribution is 7.80. The van der Waals surface area contributed by atoms with Crippen molar-refractivity contribution in [3.8, 4) is 11.3 Å². The van der Waals surface area contributed by atoms with Crippen LogP contribution < -0.4 is 10.2 Å². The Kier molecular flexibility index (Phi) is 7.11. The molecule has 0 radical (unpaired) electrons. The second-order valence-corrected chi connectivity index (χ2v) is 8.82. The number of aromatic nitrogens is 2. The Morgan fingerprint density at radius 2 is 1.94 bits per heavy atom. The summed E-state index contributed by atoms with van der Waals surface area (Å²) in [4.78, 5) is 23.8. The zero-order valence-electron chi connectivity index (χ0n) is 18.6. The monoisotopic (exact) mass is 486 g/mol. The van der Waals surface area contributed by atoms with Crippen LogP contribution in [0.5, 0.6) is 0 Å². The van der Waals surface area contributed by atoms with Gasteiger partial charge in [0.2, 0.25) is 0 Å². The van der Waals surface area contributed by atoms with Crippen LogP contribution in [0.3, 0.4) is 0 Å². The molecule has 1 N–H and O–H groups in total. The Morgan fingerprint density at radius 3 is 2.68 bits per heavy atom. The van der Waals surface area contributed by atoms with Crippen molar-refractivity contribution in [1.29, 1.82) is 0 Å². The van der Waals surface area contributed by atoms with Gasteiger partial charge in [-0.25, -0.2) is 14.8 Å². The number of halogens is 3. The van der Waals surface area contributed by atoms with E-state index in [0.29, 0.717) is 35.4 Å². The standard InChI is InChI=1S/C25H25F3N4OS/c1-16-4-2-7-22(29-16)31-24(33)32-12-10-17(11-13-34)14-19-8-9-21(30-23(19)32)18-5-3-6-20(15-18)25(26,27)28/h2-9,15,17,34H,10-14H2,1H3,(H,29,31,33). The highest BCUT2D eigenvalue weighted by atomic mass is 32.1. The number of carbonyl (C=O) groups is 1. The third-order valence-corrected chi connectivity index (χ3v) is 6.13. The Hall–Kier alpha value is -3.07. The van der Waals surface area contributed by atoms with E-state index in [4.69, 9.17) is 0 Å². The van der Waals surface area contributed by atoms with Gasteiger partial charge in [-0.3, -0.25) is 10.2 Å². The van der Waals surface area contributed by atoms with E-state index in [2.05, 4.69) is 27.9 Å². The zero-order chi connectivity index (χ0) is 24.3. The van der Waals surface area contributed by atoms with Crippen LogP contribution in [0.25, 0.3) is 11.3 Å². The number of anilines is 2. The average Bonchev–Trinajstić information content (AvgIpc) is 2.97. The Bertz CT molecular complexity index is 1180. The molecular formula is C25H25F3N4OS. The predicted molar refractivity (Wildman–Crippen MR) is 130 cm³/mol. The number of benzene rings is 1. The van der Waals surface area contributed by atoms with Crippen molar-refractivity contribution in [1.82, 2.24) is 9.97 Å². The van der Waals surface area contributed by atoms with E-state index in [1.54, 1.807) is 29.2 Å². The molecule has 178 valence electrons. The summed E-state index contributed by atoms with van der Waals surface area (Å²) >= 11 is 4.36. The summed E-state index contributed by atoms with van der Waals surface area (Å²) in [6.07, 6.45) is -2.07. The smallest absolute Gasteiger partial charge is 0.292 e. The summed E-state index contributed by atoms with van der Waals surface area (Å²) < 4.78 is 39.7. The van der Waals surface area contributed by atoms with Gasteiger partial charge in [0, 0.05) is 17.8 Å². The van der Waals surface area contributed by atoms with Gasteiger partial charge >= 0.3 is 12.2 Å². The number of pyridine rings is 2. The van der Waals surface area contributed by atoms with Gasteiger partial charge in [0.05, 0.1) is 11.3 Å². The van der Waals surface area contributed by atoms with Crippen LogP contribution in [0, 0.1) is 12.8 Å². The molecule has 0 bridgehead atoms. The van der Waals surface area contributed by atoms with Crippen molar-refractivity contribution in [3.63, 3.8) is 0 Å². The zero-order valence-corrected chi connectivity index (χ0v) is 19.5. The molecule has 3 aromatic rings. The van der Waals surface area contributed by atoms with E-state index in [0.717, 1.165) is 48.4 Å². The number of amides is 2. The van der Waals surface area contributed by atoms with E-state index in [9.17, 15) is 18.0 Å². The molecule has 3 heterocycles. The second-order valence-electron chi connectivity index (χ2n) is 8.37. The van der Waals surface area contributed by atoms with E-state index in [-0.39, 0.29) is 6.03 Å². The number of urea groups is 1. The summed E-state index contributed by atoms with van der Waals surface area (Å²) in [6.45, 7) is 2.27. The first-order valence-electron chi connectivity index (χ1n) is 11.0. The molecule has 1 aromatic carbocycles. The van der Waals surface area contributed by atoms with Gasteiger partial charge < -0.3 is 0 Å². The molecule has 4 rings (SSSR count). The SMILES string of the molecule is Cc1cccc(NC(=O)N2CCC(CCS)Cc3ccc(-c4cccc(C(F)(F)F)c4)nc32)n1. The van der Waals surface area contributed by atoms with Crippen LogP contribution in [-0.4, -0.2) is 28.3 Å². The van der Waals surface area contributed by atoms with Crippen LogP contribution in [0.1, 0.15) is 29.7 Å². The lowest BCUT2D eigenvalue weighted by Crippen LogP contribution is -2.37. The fourth-order valence-electron chi connectivity index (χ4n) is 4.13. The molecular weight excluding hydrogens is 461 g/mol. The lowest BCUT2D eigenvalue weighted by atomic mass is 9.95. The third kappa shape index (κ3) is 5.52. The molecule has 0 fully saturated rings. The lowest BCUT2D eigenvalue weighted by Gasteiger charge is -2.23. The molecule has 1 aliphatic heterocycles. The first-order chi connectivity index (χ1) is 16.2. The van der Waals surface area contributed by atoms with E-state index < -0.39 is 11.7 Å². The number of carbonyl (C=O) groups excluding carboxylic acids is 1. The maximum absolute atomic E-state index is 13.3. The number of hydrogen-bond donors (Lipinski definition) is 2. The van der Waals surface area contributed by atoms with Crippen LogP contribution in [0.15, 0.2) is 54.6 Å². The summed E-state index contributed by atoms with van der Waals surface area (Å²) in [7, 11) is 0. The quantitative estimate of drug-likeness (QED) is 0.420.